The van der Waals surface area contributed by atoms with Gasteiger partial charge in [0.2, 0.25) is 11.8 Å². The zero-order valence-electron chi connectivity index (χ0n) is 12.2. The lowest BCUT2D eigenvalue weighted by atomic mass is 9.98. The lowest BCUT2D eigenvalue weighted by Gasteiger charge is -2.43. The molecule has 5 nitrogen and oxygen atoms in total. The molecule has 0 aromatic carbocycles. The highest BCUT2D eigenvalue weighted by Gasteiger charge is 2.39. The maximum absolute atomic E-state index is 12.4. The van der Waals surface area contributed by atoms with Crippen LogP contribution in [0.1, 0.15) is 40.0 Å². The van der Waals surface area contributed by atoms with E-state index in [1.54, 1.807) is 9.80 Å². The molecule has 2 fully saturated rings. The van der Waals surface area contributed by atoms with E-state index in [9.17, 15) is 9.59 Å². The lowest BCUT2D eigenvalue weighted by Crippen LogP contribution is -2.62. The molecule has 0 aliphatic carbocycles. The Balaban J connectivity index is 1.91. The van der Waals surface area contributed by atoms with Crippen LogP contribution in [0.4, 0.5) is 0 Å². The molecule has 0 radical (unpaired) electrons. The Labute approximate surface area is 115 Å². The summed E-state index contributed by atoms with van der Waals surface area (Å²) in [6, 6.07) is -0.190. The van der Waals surface area contributed by atoms with Crippen LogP contribution in [0.25, 0.3) is 0 Å². The number of rotatable bonds is 3. The first-order valence-electron chi connectivity index (χ1n) is 7.22. The van der Waals surface area contributed by atoms with Crippen LogP contribution in [0, 0.1) is 0 Å². The van der Waals surface area contributed by atoms with Crippen LogP contribution in [-0.4, -0.2) is 59.4 Å². The highest BCUT2D eigenvalue weighted by molar-refractivity contribution is 5.95. The van der Waals surface area contributed by atoms with Crippen molar-refractivity contribution in [3.63, 3.8) is 0 Å². The second-order valence-electron chi connectivity index (χ2n) is 6.54. The second kappa shape index (κ2) is 5.49. The number of hydrogen-bond donors (Lipinski definition) is 1. The van der Waals surface area contributed by atoms with Crippen molar-refractivity contribution >= 4 is 11.8 Å². The first kappa shape index (κ1) is 14.3. The molecule has 2 saturated heterocycles. The summed E-state index contributed by atoms with van der Waals surface area (Å²) < 4.78 is 0. The van der Waals surface area contributed by atoms with Gasteiger partial charge in [-0.2, -0.15) is 0 Å². The van der Waals surface area contributed by atoms with Gasteiger partial charge in [0.05, 0.1) is 6.54 Å². The van der Waals surface area contributed by atoms with Crippen molar-refractivity contribution in [1.29, 1.82) is 0 Å². The van der Waals surface area contributed by atoms with E-state index in [1.165, 1.54) is 0 Å². The van der Waals surface area contributed by atoms with E-state index in [0.29, 0.717) is 6.54 Å². The molecule has 0 aromatic heterocycles. The standard InChI is InChI=1S/C14H25N3O2/c1-14(2,3)15-7-9-16-10-12(18)17-8-5-4-6-11(17)13(16)19/h11,15H,4-10H2,1-3H3. The molecule has 0 bridgehead atoms. The summed E-state index contributed by atoms with van der Waals surface area (Å²) in [7, 11) is 0. The zero-order chi connectivity index (χ0) is 14.0. The minimum Gasteiger partial charge on any atom is -0.330 e. The van der Waals surface area contributed by atoms with E-state index < -0.39 is 0 Å². The number of carbonyl (C=O) groups is 2. The number of nitrogens with one attached hydrogen (secondary N) is 1. The average molecular weight is 267 g/mol. The second-order valence-corrected chi connectivity index (χ2v) is 6.54. The lowest BCUT2D eigenvalue weighted by molar-refractivity contribution is -0.157. The first-order valence-corrected chi connectivity index (χ1v) is 7.22. The summed E-state index contributed by atoms with van der Waals surface area (Å²) in [5, 5.41) is 3.36. The molecule has 108 valence electrons. The van der Waals surface area contributed by atoms with Crippen molar-refractivity contribution in [3.05, 3.63) is 0 Å². The van der Waals surface area contributed by atoms with Gasteiger partial charge in [-0.15, -0.1) is 0 Å². The van der Waals surface area contributed by atoms with Crippen LogP contribution >= 0.6 is 0 Å². The van der Waals surface area contributed by atoms with Gasteiger partial charge in [-0.05, 0) is 40.0 Å². The summed E-state index contributed by atoms with van der Waals surface area (Å²) >= 11 is 0. The number of nitrogens with zero attached hydrogens (tertiary/aromatic N) is 2. The van der Waals surface area contributed by atoms with Gasteiger partial charge < -0.3 is 15.1 Å². The van der Waals surface area contributed by atoms with E-state index in [0.717, 1.165) is 32.4 Å². The molecule has 1 atom stereocenters. The summed E-state index contributed by atoms with van der Waals surface area (Å²) in [6.07, 6.45) is 2.91. The average Bonchev–Trinajstić information content (AvgIpc) is 2.34. The van der Waals surface area contributed by atoms with Gasteiger partial charge in [0.1, 0.15) is 6.04 Å². The molecule has 5 heteroatoms. The molecular formula is C14H25N3O2. The minimum atomic E-state index is -0.190. The predicted octanol–water partition coefficient (Wildman–Crippen LogP) is 0.598. The maximum Gasteiger partial charge on any atom is 0.245 e. The highest BCUT2D eigenvalue weighted by atomic mass is 16.2. The molecule has 2 amide bonds. The van der Waals surface area contributed by atoms with E-state index in [-0.39, 0.29) is 29.9 Å². The largest absolute Gasteiger partial charge is 0.330 e. The fraction of sp³-hybridized carbons (Fsp3) is 0.857. The van der Waals surface area contributed by atoms with Gasteiger partial charge >= 0.3 is 0 Å². The number of carbonyl (C=O) groups excluding carboxylic acids is 2. The van der Waals surface area contributed by atoms with E-state index in [4.69, 9.17) is 0 Å². The van der Waals surface area contributed by atoms with Crippen molar-refractivity contribution in [1.82, 2.24) is 15.1 Å². The number of fused-ring (bicyclic) bond motifs is 1. The van der Waals surface area contributed by atoms with Crippen LogP contribution in [0.2, 0.25) is 0 Å². The van der Waals surface area contributed by atoms with Gasteiger partial charge in [-0.3, -0.25) is 9.59 Å². The monoisotopic (exact) mass is 267 g/mol. The molecule has 1 N–H and O–H groups in total. The molecule has 0 saturated carbocycles. The first-order chi connectivity index (χ1) is 8.88. The highest BCUT2D eigenvalue weighted by Crippen LogP contribution is 2.22. The Morgan fingerprint density at radius 1 is 1.26 bits per heavy atom. The third-order valence-corrected chi connectivity index (χ3v) is 3.78. The van der Waals surface area contributed by atoms with E-state index in [2.05, 4.69) is 26.1 Å². The number of piperidine rings is 1. The van der Waals surface area contributed by atoms with Crippen molar-refractivity contribution in [2.24, 2.45) is 0 Å². The topological polar surface area (TPSA) is 52.7 Å². The third-order valence-electron chi connectivity index (χ3n) is 3.78. The van der Waals surface area contributed by atoms with E-state index >= 15 is 0 Å². The fourth-order valence-corrected chi connectivity index (χ4v) is 2.78. The van der Waals surface area contributed by atoms with Crippen molar-refractivity contribution in [2.45, 2.75) is 51.6 Å². The summed E-state index contributed by atoms with van der Waals surface area (Å²) in [5.41, 5.74) is 0.0414. The van der Waals surface area contributed by atoms with Crippen LogP contribution in [0.5, 0.6) is 0 Å². The summed E-state index contributed by atoms with van der Waals surface area (Å²) in [5.74, 6) is 0.245. The van der Waals surface area contributed by atoms with E-state index in [1.807, 2.05) is 0 Å². The molecule has 2 rings (SSSR count). The molecule has 2 aliphatic rings. The fourth-order valence-electron chi connectivity index (χ4n) is 2.78. The molecule has 19 heavy (non-hydrogen) atoms. The molecule has 1 unspecified atom stereocenters. The Morgan fingerprint density at radius 2 is 2.00 bits per heavy atom. The molecule has 2 heterocycles. The van der Waals surface area contributed by atoms with Crippen molar-refractivity contribution in [3.8, 4) is 0 Å². The maximum atomic E-state index is 12.4. The van der Waals surface area contributed by atoms with Crippen molar-refractivity contribution in [2.75, 3.05) is 26.2 Å². The summed E-state index contributed by atoms with van der Waals surface area (Å²) in [6.45, 7) is 8.64. The minimum absolute atomic E-state index is 0.0414. The Hall–Kier alpha value is -1.10. The van der Waals surface area contributed by atoms with Crippen LogP contribution in [-0.2, 0) is 9.59 Å². The van der Waals surface area contributed by atoms with Gasteiger partial charge in [-0.1, -0.05) is 0 Å². The van der Waals surface area contributed by atoms with Gasteiger partial charge in [0.15, 0.2) is 0 Å². The third kappa shape index (κ3) is 3.47. The van der Waals surface area contributed by atoms with Crippen molar-refractivity contribution < 1.29 is 9.59 Å². The number of hydrogen-bond acceptors (Lipinski definition) is 3. The zero-order valence-corrected chi connectivity index (χ0v) is 12.2. The Morgan fingerprint density at radius 3 is 2.68 bits per heavy atom. The Kier molecular flexibility index (Phi) is 4.13. The number of amides is 2. The summed E-state index contributed by atoms with van der Waals surface area (Å²) in [4.78, 5) is 27.9. The van der Waals surface area contributed by atoms with Gasteiger partial charge in [-0.25, -0.2) is 0 Å². The Bertz CT molecular complexity index is 362. The van der Waals surface area contributed by atoms with Crippen LogP contribution in [0.3, 0.4) is 0 Å². The van der Waals surface area contributed by atoms with Crippen LogP contribution in [0.15, 0.2) is 0 Å². The van der Waals surface area contributed by atoms with Crippen LogP contribution < -0.4 is 5.32 Å². The predicted molar refractivity (Wildman–Crippen MR) is 73.7 cm³/mol. The molecule has 0 spiro atoms. The molecule has 2 aliphatic heterocycles. The quantitative estimate of drug-likeness (QED) is 0.814. The SMILES string of the molecule is CC(C)(C)NCCN1CC(=O)N2CCCCC2C1=O. The van der Waals surface area contributed by atoms with Gasteiger partial charge in [0.25, 0.3) is 0 Å². The van der Waals surface area contributed by atoms with Gasteiger partial charge in [0, 0.05) is 25.2 Å². The normalized spacial score (nSPS) is 24.7. The molecule has 0 aromatic rings. The smallest absolute Gasteiger partial charge is 0.245 e. The number of piperazine rings is 1. The molecular weight excluding hydrogens is 242 g/mol.